The lowest BCUT2D eigenvalue weighted by molar-refractivity contribution is 0.273. The van der Waals surface area contributed by atoms with Crippen LogP contribution in [0.2, 0.25) is 0 Å². The first kappa shape index (κ1) is 14.9. The maximum atomic E-state index is 12.0. The van der Waals surface area contributed by atoms with Crippen LogP contribution in [-0.2, 0) is 16.6 Å². The Bertz CT molecular complexity index is 499. The molecule has 0 aliphatic rings. The smallest absolute Gasteiger partial charge is 0.240 e. The molecule has 0 saturated heterocycles. The van der Waals surface area contributed by atoms with Gasteiger partial charge in [-0.15, -0.1) is 0 Å². The van der Waals surface area contributed by atoms with Crippen LogP contribution in [0.15, 0.2) is 23.1 Å². The fraction of sp³-hybridized carbons (Fsp3) is 0.500. The van der Waals surface area contributed by atoms with Crippen LogP contribution >= 0.6 is 0 Å². The van der Waals surface area contributed by atoms with Gasteiger partial charge in [0.25, 0.3) is 0 Å². The molecule has 0 saturated carbocycles. The van der Waals surface area contributed by atoms with E-state index in [1.54, 1.807) is 6.92 Å². The van der Waals surface area contributed by atoms with E-state index in [9.17, 15) is 13.5 Å². The first-order valence-corrected chi connectivity index (χ1v) is 7.23. The highest BCUT2D eigenvalue weighted by Crippen LogP contribution is 2.22. The quantitative estimate of drug-likeness (QED) is 0.818. The molecule has 0 heterocycles. The Balaban J connectivity index is 3.10. The van der Waals surface area contributed by atoms with Gasteiger partial charge in [-0.2, -0.15) is 0 Å². The van der Waals surface area contributed by atoms with E-state index in [2.05, 4.69) is 4.72 Å². The molecule has 2 N–H and O–H groups in total. The fourth-order valence-corrected chi connectivity index (χ4v) is 2.84. The molecule has 0 radical (unpaired) electrons. The van der Waals surface area contributed by atoms with Crippen LogP contribution in [0.1, 0.15) is 25.8 Å². The Kier molecular flexibility index (Phi) is 5.13. The van der Waals surface area contributed by atoms with E-state index in [0.29, 0.717) is 17.7 Å². The minimum atomic E-state index is -3.55. The van der Waals surface area contributed by atoms with Crippen molar-refractivity contribution in [3.63, 3.8) is 0 Å². The number of rotatable bonds is 6. The highest BCUT2D eigenvalue weighted by Gasteiger charge is 2.18. The lowest BCUT2D eigenvalue weighted by Gasteiger charge is -2.13. The third-order valence-corrected chi connectivity index (χ3v) is 4.29. The van der Waals surface area contributed by atoms with Crippen molar-refractivity contribution in [1.82, 2.24) is 4.72 Å². The van der Waals surface area contributed by atoms with Crippen molar-refractivity contribution in [3.05, 3.63) is 23.8 Å². The summed E-state index contributed by atoms with van der Waals surface area (Å²) < 4.78 is 31.7. The van der Waals surface area contributed by atoms with Crippen molar-refractivity contribution >= 4 is 10.0 Å². The predicted molar refractivity (Wildman–Crippen MR) is 69.0 cm³/mol. The molecule has 1 rings (SSSR count). The Labute approximate surface area is 108 Å². The van der Waals surface area contributed by atoms with Crippen LogP contribution in [0.4, 0.5) is 0 Å². The van der Waals surface area contributed by atoms with Crippen molar-refractivity contribution in [3.8, 4) is 5.75 Å². The number of benzene rings is 1. The number of hydrogen-bond donors (Lipinski definition) is 2. The van der Waals surface area contributed by atoms with Crippen molar-refractivity contribution < 1.29 is 18.3 Å². The van der Waals surface area contributed by atoms with E-state index in [0.717, 1.165) is 0 Å². The minimum Gasteiger partial charge on any atom is -0.496 e. The molecule has 0 aliphatic heterocycles. The predicted octanol–water partition coefficient (Wildman–Crippen LogP) is 1.26. The summed E-state index contributed by atoms with van der Waals surface area (Å²) in [6, 6.07) is 4.29. The summed E-state index contributed by atoms with van der Waals surface area (Å²) in [6.45, 7) is 3.43. The average molecular weight is 273 g/mol. The van der Waals surface area contributed by atoms with E-state index in [4.69, 9.17) is 4.74 Å². The number of aliphatic hydroxyl groups is 1. The summed E-state index contributed by atoms with van der Waals surface area (Å²) in [5, 5.41) is 9.17. The molecule has 1 aromatic rings. The lowest BCUT2D eigenvalue weighted by Crippen LogP contribution is -2.32. The van der Waals surface area contributed by atoms with Gasteiger partial charge in [-0.1, -0.05) is 6.92 Å². The standard InChI is InChI=1S/C12H19NO4S/c1-4-9(2)13-18(15,16)11-5-6-12(17-3)10(7-11)8-14/h5-7,9,13-14H,4,8H2,1-3H3. The van der Waals surface area contributed by atoms with Crippen LogP contribution in [0.3, 0.4) is 0 Å². The van der Waals surface area contributed by atoms with Gasteiger partial charge in [0.05, 0.1) is 18.6 Å². The summed E-state index contributed by atoms with van der Waals surface area (Å²) in [5.74, 6) is 0.472. The second kappa shape index (κ2) is 6.17. The Morgan fingerprint density at radius 2 is 2.11 bits per heavy atom. The van der Waals surface area contributed by atoms with E-state index < -0.39 is 10.0 Å². The molecule has 0 fully saturated rings. The molecule has 0 aliphatic carbocycles. The maximum Gasteiger partial charge on any atom is 0.240 e. The van der Waals surface area contributed by atoms with Crippen molar-refractivity contribution in [1.29, 1.82) is 0 Å². The molecule has 102 valence electrons. The second-order valence-corrected chi connectivity index (χ2v) is 5.78. The summed E-state index contributed by atoms with van der Waals surface area (Å²) >= 11 is 0. The maximum absolute atomic E-state index is 12.0. The number of nitrogens with one attached hydrogen (secondary N) is 1. The molecule has 0 amide bonds. The molecular formula is C12H19NO4S. The van der Waals surface area contributed by atoms with Crippen molar-refractivity contribution in [2.75, 3.05) is 7.11 Å². The van der Waals surface area contributed by atoms with Gasteiger partial charge in [-0.3, -0.25) is 0 Å². The zero-order valence-electron chi connectivity index (χ0n) is 10.8. The third-order valence-electron chi connectivity index (χ3n) is 2.70. The molecule has 1 aromatic carbocycles. The molecular weight excluding hydrogens is 254 g/mol. The van der Waals surface area contributed by atoms with Gasteiger partial charge in [-0.05, 0) is 31.5 Å². The number of sulfonamides is 1. The minimum absolute atomic E-state index is 0.130. The second-order valence-electron chi connectivity index (χ2n) is 4.06. The zero-order valence-corrected chi connectivity index (χ0v) is 11.6. The normalized spacial score (nSPS) is 13.3. The van der Waals surface area contributed by atoms with Gasteiger partial charge in [0.2, 0.25) is 10.0 Å². The van der Waals surface area contributed by atoms with Gasteiger partial charge in [0.1, 0.15) is 5.75 Å². The molecule has 0 spiro atoms. The van der Waals surface area contributed by atoms with Crippen molar-refractivity contribution in [2.24, 2.45) is 0 Å². The molecule has 6 heteroatoms. The number of ether oxygens (including phenoxy) is 1. The molecule has 1 atom stereocenters. The molecule has 0 aromatic heterocycles. The van der Waals surface area contributed by atoms with E-state index in [-0.39, 0.29) is 17.5 Å². The summed E-state index contributed by atoms with van der Waals surface area (Å²) in [5.41, 5.74) is 0.449. The summed E-state index contributed by atoms with van der Waals surface area (Å²) in [4.78, 5) is 0.132. The SMILES string of the molecule is CCC(C)NS(=O)(=O)c1ccc(OC)c(CO)c1. The molecule has 18 heavy (non-hydrogen) atoms. The monoisotopic (exact) mass is 273 g/mol. The zero-order chi connectivity index (χ0) is 13.8. The Hall–Kier alpha value is -1.11. The first-order chi connectivity index (χ1) is 8.44. The van der Waals surface area contributed by atoms with Gasteiger partial charge < -0.3 is 9.84 Å². The lowest BCUT2D eigenvalue weighted by atomic mass is 10.2. The largest absolute Gasteiger partial charge is 0.496 e. The molecule has 0 bridgehead atoms. The Morgan fingerprint density at radius 1 is 1.44 bits per heavy atom. The highest BCUT2D eigenvalue weighted by molar-refractivity contribution is 7.89. The highest BCUT2D eigenvalue weighted by atomic mass is 32.2. The van der Waals surface area contributed by atoms with Crippen LogP contribution in [0.5, 0.6) is 5.75 Å². The van der Waals surface area contributed by atoms with Gasteiger partial charge in [0.15, 0.2) is 0 Å². The number of methoxy groups -OCH3 is 1. The average Bonchev–Trinajstić information content (AvgIpc) is 2.37. The number of hydrogen-bond acceptors (Lipinski definition) is 4. The van der Waals surface area contributed by atoms with Gasteiger partial charge in [0, 0.05) is 11.6 Å². The molecule has 5 nitrogen and oxygen atoms in total. The Morgan fingerprint density at radius 3 is 2.61 bits per heavy atom. The van der Waals surface area contributed by atoms with E-state index in [1.165, 1.54) is 25.3 Å². The first-order valence-electron chi connectivity index (χ1n) is 5.74. The third kappa shape index (κ3) is 3.44. The van der Waals surface area contributed by atoms with Crippen LogP contribution in [-0.4, -0.2) is 26.7 Å². The fourth-order valence-electron chi connectivity index (χ4n) is 1.46. The van der Waals surface area contributed by atoms with Gasteiger partial charge >= 0.3 is 0 Å². The molecule has 1 unspecified atom stereocenters. The van der Waals surface area contributed by atoms with Crippen LogP contribution in [0.25, 0.3) is 0 Å². The summed E-state index contributed by atoms with van der Waals surface area (Å²) in [7, 11) is -2.07. The summed E-state index contributed by atoms with van der Waals surface area (Å²) in [6.07, 6.45) is 0.711. The number of aliphatic hydroxyl groups excluding tert-OH is 1. The van der Waals surface area contributed by atoms with Crippen LogP contribution < -0.4 is 9.46 Å². The van der Waals surface area contributed by atoms with Crippen LogP contribution in [0, 0.1) is 0 Å². The van der Waals surface area contributed by atoms with E-state index in [1.807, 2.05) is 6.92 Å². The van der Waals surface area contributed by atoms with Crippen molar-refractivity contribution in [2.45, 2.75) is 37.8 Å². The topological polar surface area (TPSA) is 75.6 Å². The van der Waals surface area contributed by atoms with E-state index >= 15 is 0 Å². The van der Waals surface area contributed by atoms with Gasteiger partial charge in [-0.25, -0.2) is 13.1 Å².